The Bertz CT molecular complexity index is 459. The predicted molar refractivity (Wildman–Crippen MR) is 57.3 cm³/mol. The zero-order valence-electron chi connectivity index (χ0n) is 7.85. The van der Waals surface area contributed by atoms with Crippen LogP contribution in [0.15, 0.2) is 23.4 Å². The van der Waals surface area contributed by atoms with Crippen molar-refractivity contribution in [1.82, 2.24) is 0 Å². The third-order valence-electron chi connectivity index (χ3n) is 1.64. The number of anilines is 1. The zero-order chi connectivity index (χ0) is 12.1. The molecule has 16 heavy (non-hydrogen) atoms. The first-order chi connectivity index (χ1) is 7.54. The van der Waals surface area contributed by atoms with Crippen LogP contribution in [0, 0.1) is 0 Å². The van der Waals surface area contributed by atoms with E-state index in [-0.39, 0.29) is 10.6 Å². The van der Waals surface area contributed by atoms with Gasteiger partial charge in [-0.05, 0) is 18.2 Å². The molecule has 0 aliphatic heterocycles. The quantitative estimate of drug-likeness (QED) is 0.424. The molecule has 0 aliphatic carbocycles. The standard InChI is InChI=1S/C9H7ClN2O4/c10-7-3-5(12-8(13)4-11-16)1-2-6(7)9(14)15/h1-4,16H,(H,12,13)(H,14,15)/b11-4+. The van der Waals surface area contributed by atoms with Crippen molar-refractivity contribution in [3.05, 3.63) is 28.8 Å². The van der Waals surface area contributed by atoms with Gasteiger partial charge in [0, 0.05) is 5.69 Å². The lowest BCUT2D eigenvalue weighted by molar-refractivity contribution is -0.110. The minimum atomic E-state index is -1.15. The maximum absolute atomic E-state index is 11.0. The average molecular weight is 243 g/mol. The van der Waals surface area contributed by atoms with E-state index in [4.69, 9.17) is 21.9 Å². The maximum Gasteiger partial charge on any atom is 0.337 e. The molecule has 0 aromatic heterocycles. The minimum absolute atomic E-state index is 0.00578. The summed E-state index contributed by atoms with van der Waals surface area (Å²) >= 11 is 5.67. The predicted octanol–water partition coefficient (Wildman–Crippen LogP) is 1.44. The summed E-state index contributed by atoms with van der Waals surface area (Å²) in [4.78, 5) is 21.6. The highest BCUT2D eigenvalue weighted by Crippen LogP contribution is 2.20. The van der Waals surface area contributed by atoms with Gasteiger partial charge in [-0.25, -0.2) is 4.79 Å². The first kappa shape index (κ1) is 12.0. The van der Waals surface area contributed by atoms with E-state index in [2.05, 4.69) is 10.5 Å². The summed E-state index contributed by atoms with van der Waals surface area (Å²) in [6.45, 7) is 0. The Labute approximate surface area is 95.1 Å². The van der Waals surface area contributed by atoms with Crippen LogP contribution in [-0.4, -0.2) is 28.4 Å². The molecule has 1 amide bonds. The highest BCUT2D eigenvalue weighted by molar-refractivity contribution is 6.34. The molecule has 0 unspecified atom stereocenters. The largest absolute Gasteiger partial charge is 0.478 e. The number of oxime groups is 1. The molecular formula is C9H7ClN2O4. The molecule has 1 rings (SSSR count). The second kappa shape index (κ2) is 5.13. The van der Waals surface area contributed by atoms with E-state index in [1.807, 2.05) is 0 Å². The highest BCUT2D eigenvalue weighted by atomic mass is 35.5. The van der Waals surface area contributed by atoms with Gasteiger partial charge >= 0.3 is 5.97 Å². The molecule has 0 spiro atoms. The molecule has 0 saturated carbocycles. The van der Waals surface area contributed by atoms with Crippen LogP contribution in [0.2, 0.25) is 5.02 Å². The summed E-state index contributed by atoms with van der Waals surface area (Å²) in [5, 5.41) is 21.7. The van der Waals surface area contributed by atoms with Gasteiger partial charge < -0.3 is 15.6 Å². The molecule has 1 aromatic rings. The maximum atomic E-state index is 11.0. The van der Waals surface area contributed by atoms with Gasteiger partial charge in [0.1, 0.15) is 6.21 Å². The number of benzene rings is 1. The number of carboxylic acid groups (broad SMARTS) is 1. The number of nitrogens with one attached hydrogen (secondary N) is 1. The highest BCUT2D eigenvalue weighted by Gasteiger charge is 2.09. The van der Waals surface area contributed by atoms with Crippen LogP contribution in [0.25, 0.3) is 0 Å². The van der Waals surface area contributed by atoms with Crippen molar-refractivity contribution in [2.24, 2.45) is 5.16 Å². The molecule has 1 aromatic carbocycles. The van der Waals surface area contributed by atoms with Gasteiger partial charge in [-0.2, -0.15) is 0 Å². The van der Waals surface area contributed by atoms with E-state index in [0.717, 1.165) is 0 Å². The van der Waals surface area contributed by atoms with Crippen LogP contribution >= 0.6 is 11.6 Å². The molecule has 6 nitrogen and oxygen atoms in total. The van der Waals surface area contributed by atoms with Crippen LogP contribution in [-0.2, 0) is 4.79 Å². The zero-order valence-corrected chi connectivity index (χ0v) is 8.60. The van der Waals surface area contributed by atoms with Crippen molar-refractivity contribution in [2.45, 2.75) is 0 Å². The van der Waals surface area contributed by atoms with Crippen LogP contribution in [0.4, 0.5) is 5.69 Å². The molecule has 0 radical (unpaired) electrons. The fraction of sp³-hybridized carbons (Fsp3) is 0. The molecule has 84 valence electrons. The first-order valence-corrected chi connectivity index (χ1v) is 4.43. The summed E-state index contributed by atoms with van der Waals surface area (Å²) in [6.07, 6.45) is 0.666. The number of carboxylic acids is 1. The van der Waals surface area contributed by atoms with Crippen molar-refractivity contribution in [1.29, 1.82) is 0 Å². The molecule has 3 N–H and O–H groups in total. The third-order valence-corrected chi connectivity index (χ3v) is 1.95. The van der Waals surface area contributed by atoms with Crippen LogP contribution in [0.3, 0.4) is 0 Å². The van der Waals surface area contributed by atoms with E-state index in [9.17, 15) is 9.59 Å². The van der Waals surface area contributed by atoms with Crippen LogP contribution < -0.4 is 5.32 Å². The van der Waals surface area contributed by atoms with E-state index < -0.39 is 11.9 Å². The van der Waals surface area contributed by atoms with Crippen molar-refractivity contribution in [3.63, 3.8) is 0 Å². The summed E-state index contributed by atoms with van der Waals surface area (Å²) in [5.74, 6) is -1.80. The minimum Gasteiger partial charge on any atom is -0.478 e. The molecular weight excluding hydrogens is 236 g/mol. The Morgan fingerprint density at radius 3 is 2.62 bits per heavy atom. The number of aromatic carboxylic acids is 1. The normalized spacial score (nSPS) is 10.3. The van der Waals surface area contributed by atoms with E-state index in [1.54, 1.807) is 0 Å². The van der Waals surface area contributed by atoms with E-state index in [1.165, 1.54) is 18.2 Å². The number of carbonyl (C=O) groups is 2. The summed E-state index contributed by atoms with van der Waals surface area (Å²) in [5.41, 5.74) is 0.246. The van der Waals surface area contributed by atoms with Gasteiger partial charge in [0.2, 0.25) is 0 Å². The van der Waals surface area contributed by atoms with Crippen LogP contribution in [0.1, 0.15) is 10.4 Å². The number of hydrogen-bond donors (Lipinski definition) is 3. The summed E-state index contributed by atoms with van der Waals surface area (Å²) in [7, 11) is 0. The number of halogens is 1. The number of amides is 1. The van der Waals surface area contributed by atoms with Gasteiger partial charge in [0.15, 0.2) is 0 Å². The second-order valence-corrected chi connectivity index (χ2v) is 3.14. The SMILES string of the molecule is O=C(/C=N/O)Nc1ccc(C(=O)O)c(Cl)c1. The van der Waals surface area contributed by atoms with Gasteiger partial charge in [0.05, 0.1) is 10.6 Å². The van der Waals surface area contributed by atoms with Gasteiger partial charge in [-0.3, -0.25) is 4.79 Å². The molecule has 0 bridgehead atoms. The Hall–Kier alpha value is -2.08. The topological polar surface area (TPSA) is 99.0 Å². The number of rotatable bonds is 3. The molecule has 7 heteroatoms. The average Bonchev–Trinajstić information content (AvgIpc) is 2.17. The Kier molecular flexibility index (Phi) is 3.84. The lowest BCUT2D eigenvalue weighted by atomic mass is 10.2. The Morgan fingerprint density at radius 1 is 1.44 bits per heavy atom. The Morgan fingerprint density at radius 2 is 2.12 bits per heavy atom. The molecule has 0 saturated heterocycles. The first-order valence-electron chi connectivity index (χ1n) is 4.06. The monoisotopic (exact) mass is 242 g/mol. The molecule has 0 atom stereocenters. The number of carbonyl (C=O) groups excluding carboxylic acids is 1. The van der Waals surface area contributed by atoms with Crippen molar-refractivity contribution >= 4 is 35.4 Å². The molecule has 0 aliphatic rings. The van der Waals surface area contributed by atoms with E-state index in [0.29, 0.717) is 11.9 Å². The second-order valence-electron chi connectivity index (χ2n) is 2.73. The van der Waals surface area contributed by atoms with Crippen molar-refractivity contribution < 1.29 is 19.9 Å². The third kappa shape index (κ3) is 2.96. The fourth-order valence-electron chi connectivity index (χ4n) is 0.993. The molecule has 0 heterocycles. The van der Waals surface area contributed by atoms with Crippen molar-refractivity contribution in [2.75, 3.05) is 5.32 Å². The summed E-state index contributed by atoms with van der Waals surface area (Å²) in [6, 6.07) is 3.92. The summed E-state index contributed by atoms with van der Waals surface area (Å²) < 4.78 is 0. The van der Waals surface area contributed by atoms with Gasteiger partial charge in [0.25, 0.3) is 5.91 Å². The lowest BCUT2D eigenvalue weighted by Gasteiger charge is -2.04. The van der Waals surface area contributed by atoms with Crippen molar-refractivity contribution in [3.8, 4) is 0 Å². The van der Waals surface area contributed by atoms with Gasteiger partial charge in [-0.1, -0.05) is 16.8 Å². The number of nitrogens with zero attached hydrogens (tertiary/aromatic N) is 1. The fourth-order valence-corrected chi connectivity index (χ4v) is 1.25. The number of hydrogen-bond acceptors (Lipinski definition) is 4. The van der Waals surface area contributed by atoms with Crippen LogP contribution in [0.5, 0.6) is 0 Å². The lowest BCUT2D eigenvalue weighted by Crippen LogP contribution is -2.12. The van der Waals surface area contributed by atoms with E-state index >= 15 is 0 Å². The smallest absolute Gasteiger partial charge is 0.337 e. The Balaban J connectivity index is 2.89. The van der Waals surface area contributed by atoms with Gasteiger partial charge in [-0.15, -0.1) is 0 Å². The molecule has 0 fully saturated rings.